The Labute approximate surface area is 178 Å². The van der Waals surface area contributed by atoms with Crippen LogP contribution in [-0.4, -0.2) is 0 Å². The lowest BCUT2D eigenvalue weighted by Gasteiger charge is -2.42. The van der Waals surface area contributed by atoms with Crippen molar-refractivity contribution >= 4 is 0 Å². The van der Waals surface area contributed by atoms with Crippen molar-refractivity contribution in [2.45, 2.75) is 89.9 Å². The quantitative estimate of drug-likeness (QED) is 0.418. The van der Waals surface area contributed by atoms with Gasteiger partial charge in [0.15, 0.2) is 0 Å². The molecule has 0 nitrogen and oxygen atoms in total. The molecule has 0 bridgehead atoms. The highest BCUT2D eigenvalue weighted by atomic mass is 19.3. The number of fused-ring (bicyclic) bond motifs is 2. The number of hydrogen-bond donors (Lipinski definition) is 0. The van der Waals surface area contributed by atoms with Gasteiger partial charge in [-0.25, -0.2) is 8.78 Å². The zero-order chi connectivity index (χ0) is 21.3. The molecule has 4 heteroatoms. The van der Waals surface area contributed by atoms with Crippen molar-refractivity contribution in [3.63, 3.8) is 0 Å². The van der Waals surface area contributed by atoms with Crippen LogP contribution in [0.5, 0.6) is 0 Å². The lowest BCUT2D eigenvalue weighted by Crippen LogP contribution is -2.31. The topological polar surface area (TPSA) is 0 Å². The Morgan fingerprint density at radius 3 is 2.57 bits per heavy atom. The van der Waals surface area contributed by atoms with Gasteiger partial charge in [0.05, 0.1) is 0 Å². The second kappa shape index (κ2) is 9.44. The number of allylic oxidation sites excluding steroid dienone is 1. The highest BCUT2D eigenvalue weighted by Crippen LogP contribution is 2.49. The van der Waals surface area contributed by atoms with Gasteiger partial charge in [0.1, 0.15) is 11.6 Å². The first-order chi connectivity index (χ1) is 14.5. The molecule has 0 radical (unpaired) electrons. The highest BCUT2D eigenvalue weighted by Gasteiger charge is 2.38. The molecule has 0 aliphatic heterocycles. The fourth-order valence-electron chi connectivity index (χ4n) is 6.57. The molecule has 4 rings (SSSR count). The molecule has 5 unspecified atom stereocenters. The Morgan fingerprint density at radius 2 is 1.80 bits per heavy atom. The summed E-state index contributed by atoms with van der Waals surface area (Å²) >= 11 is 0. The smallest absolute Gasteiger partial charge is 0.207 e. The molecule has 0 spiro atoms. The molecule has 0 saturated heterocycles. The SMILES string of the molecule is CCCCC1CCc2c(cc(F)c(C3CCC4CC(C=C(F)F)CCC4C3)c2F)C1. The summed E-state index contributed by atoms with van der Waals surface area (Å²) in [4.78, 5) is 0. The van der Waals surface area contributed by atoms with Crippen molar-refractivity contribution < 1.29 is 17.6 Å². The third-order valence-electron chi connectivity index (χ3n) is 8.15. The number of rotatable bonds is 5. The van der Waals surface area contributed by atoms with E-state index in [2.05, 4.69) is 6.92 Å². The average Bonchev–Trinajstić information content (AvgIpc) is 2.71. The third kappa shape index (κ3) is 4.62. The number of hydrogen-bond acceptors (Lipinski definition) is 0. The van der Waals surface area contributed by atoms with Gasteiger partial charge in [-0.05, 0) is 111 Å². The number of halogens is 4. The van der Waals surface area contributed by atoms with Crippen LogP contribution in [0.2, 0.25) is 0 Å². The van der Waals surface area contributed by atoms with Crippen molar-refractivity contribution in [1.82, 2.24) is 0 Å². The van der Waals surface area contributed by atoms with E-state index in [4.69, 9.17) is 0 Å². The van der Waals surface area contributed by atoms with Gasteiger partial charge in [-0.3, -0.25) is 0 Å². The molecule has 30 heavy (non-hydrogen) atoms. The van der Waals surface area contributed by atoms with Crippen LogP contribution in [0.25, 0.3) is 0 Å². The zero-order valence-electron chi connectivity index (χ0n) is 18.0. The Hall–Kier alpha value is -1.32. The third-order valence-corrected chi connectivity index (χ3v) is 8.15. The van der Waals surface area contributed by atoms with Crippen LogP contribution in [0.3, 0.4) is 0 Å². The Kier molecular flexibility index (Phi) is 6.89. The second-order valence-corrected chi connectivity index (χ2v) is 10.0. The summed E-state index contributed by atoms with van der Waals surface area (Å²) in [5.41, 5.74) is 1.96. The van der Waals surface area contributed by atoms with Crippen LogP contribution in [-0.2, 0) is 12.8 Å². The summed E-state index contributed by atoms with van der Waals surface area (Å²) in [6.07, 6.45) is 10.5. The van der Waals surface area contributed by atoms with E-state index in [1.54, 1.807) is 6.07 Å². The molecular weight excluding hydrogens is 388 g/mol. The van der Waals surface area contributed by atoms with Gasteiger partial charge in [0.2, 0.25) is 0 Å². The number of unbranched alkanes of at least 4 members (excludes halogenated alkanes) is 1. The molecule has 2 fully saturated rings. The zero-order valence-corrected chi connectivity index (χ0v) is 18.0. The standard InChI is InChI=1S/C26H34F4/c1-2-3-4-16-6-10-22-21(11-16)15-23(27)25(26(22)30)20-9-8-18-12-17(13-24(28)29)5-7-19(18)14-20/h13,15-20H,2-12,14H2,1H3. The van der Waals surface area contributed by atoms with E-state index in [-0.39, 0.29) is 23.5 Å². The van der Waals surface area contributed by atoms with E-state index >= 15 is 8.78 Å². The van der Waals surface area contributed by atoms with Crippen LogP contribution in [0.4, 0.5) is 17.6 Å². The normalized spacial score (nSPS) is 31.0. The largest absolute Gasteiger partial charge is 0.266 e. The molecule has 166 valence electrons. The molecule has 1 aromatic rings. The monoisotopic (exact) mass is 422 g/mol. The van der Waals surface area contributed by atoms with Gasteiger partial charge in [0, 0.05) is 5.56 Å². The lowest BCUT2D eigenvalue weighted by atomic mass is 9.63. The van der Waals surface area contributed by atoms with Crippen LogP contribution in [0.1, 0.15) is 93.7 Å². The maximum Gasteiger partial charge on any atom is 0.266 e. The Bertz CT molecular complexity index is 780. The predicted octanol–water partition coefficient (Wildman–Crippen LogP) is 8.34. The molecule has 0 amide bonds. The summed E-state index contributed by atoms with van der Waals surface area (Å²) < 4.78 is 55.8. The van der Waals surface area contributed by atoms with Crippen LogP contribution in [0.15, 0.2) is 18.2 Å². The van der Waals surface area contributed by atoms with Crippen molar-refractivity contribution in [1.29, 1.82) is 0 Å². The van der Waals surface area contributed by atoms with E-state index < -0.39 is 6.08 Å². The lowest BCUT2D eigenvalue weighted by molar-refractivity contribution is 0.130. The first-order valence-electron chi connectivity index (χ1n) is 12.0. The van der Waals surface area contributed by atoms with E-state index in [1.165, 1.54) is 6.42 Å². The Morgan fingerprint density at radius 1 is 1.03 bits per heavy atom. The molecule has 3 aliphatic rings. The fourth-order valence-corrected chi connectivity index (χ4v) is 6.57. The maximum atomic E-state index is 15.5. The predicted molar refractivity (Wildman–Crippen MR) is 113 cm³/mol. The summed E-state index contributed by atoms with van der Waals surface area (Å²) in [6.45, 7) is 2.18. The van der Waals surface area contributed by atoms with Crippen LogP contribution >= 0.6 is 0 Å². The van der Waals surface area contributed by atoms with E-state index in [0.717, 1.165) is 87.8 Å². The first-order valence-corrected chi connectivity index (χ1v) is 12.0. The maximum absolute atomic E-state index is 15.5. The Balaban J connectivity index is 1.48. The molecule has 0 N–H and O–H groups in total. The van der Waals surface area contributed by atoms with Crippen LogP contribution < -0.4 is 0 Å². The fraction of sp³-hybridized carbons (Fsp3) is 0.692. The summed E-state index contributed by atoms with van der Waals surface area (Å²) in [6, 6.07) is 1.63. The van der Waals surface area contributed by atoms with Gasteiger partial charge in [-0.1, -0.05) is 26.2 Å². The van der Waals surface area contributed by atoms with E-state index in [1.807, 2.05) is 0 Å². The van der Waals surface area contributed by atoms with Crippen molar-refractivity contribution in [2.24, 2.45) is 23.7 Å². The molecule has 3 aliphatic carbocycles. The molecule has 5 atom stereocenters. The van der Waals surface area contributed by atoms with Gasteiger partial charge >= 0.3 is 0 Å². The van der Waals surface area contributed by atoms with E-state index in [0.29, 0.717) is 23.3 Å². The molecule has 1 aromatic carbocycles. The van der Waals surface area contributed by atoms with Gasteiger partial charge < -0.3 is 0 Å². The minimum Gasteiger partial charge on any atom is -0.207 e. The van der Waals surface area contributed by atoms with Crippen LogP contribution in [0, 0.1) is 35.3 Å². The second-order valence-electron chi connectivity index (χ2n) is 10.0. The van der Waals surface area contributed by atoms with Gasteiger partial charge in [-0.15, -0.1) is 0 Å². The van der Waals surface area contributed by atoms with Crippen molar-refractivity contribution in [3.05, 3.63) is 46.5 Å². The minimum atomic E-state index is -1.58. The highest BCUT2D eigenvalue weighted by molar-refractivity contribution is 5.39. The average molecular weight is 423 g/mol. The number of benzene rings is 1. The summed E-state index contributed by atoms with van der Waals surface area (Å²) in [7, 11) is 0. The molecular formula is C26H34F4. The van der Waals surface area contributed by atoms with Crippen molar-refractivity contribution in [3.8, 4) is 0 Å². The molecule has 0 aromatic heterocycles. The first kappa shape index (κ1) is 21.9. The summed E-state index contributed by atoms with van der Waals surface area (Å²) in [5.74, 6) is 0.629. The summed E-state index contributed by atoms with van der Waals surface area (Å²) in [5, 5.41) is 0. The minimum absolute atomic E-state index is 0.0364. The molecule has 0 heterocycles. The van der Waals surface area contributed by atoms with Gasteiger partial charge in [-0.2, -0.15) is 8.78 Å². The van der Waals surface area contributed by atoms with E-state index in [9.17, 15) is 8.78 Å². The van der Waals surface area contributed by atoms with Crippen molar-refractivity contribution in [2.75, 3.05) is 0 Å². The van der Waals surface area contributed by atoms with Gasteiger partial charge in [0.25, 0.3) is 6.08 Å². The molecule has 2 saturated carbocycles.